The van der Waals surface area contributed by atoms with E-state index in [0.717, 1.165) is 12.8 Å². The maximum absolute atomic E-state index is 13.9. The van der Waals surface area contributed by atoms with Crippen molar-refractivity contribution in [2.45, 2.75) is 32.2 Å². The van der Waals surface area contributed by atoms with E-state index >= 15 is 0 Å². The second-order valence-electron chi connectivity index (χ2n) is 4.79. The molecule has 0 unspecified atom stereocenters. The van der Waals surface area contributed by atoms with Crippen molar-refractivity contribution in [3.8, 4) is 0 Å². The van der Waals surface area contributed by atoms with E-state index in [-0.39, 0.29) is 11.5 Å². The lowest BCUT2D eigenvalue weighted by atomic mass is 10.0. The Kier molecular flexibility index (Phi) is 2.78. The second kappa shape index (κ2) is 4.44. The van der Waals surface area contributed by atoms with Crippen molar-refractivity contribution < 1.29 is 4.39 Å². The summed E-state index contributed by atoms with van der Waals surface area (Å²) in [7, 11) is 0. The number of nitrogen functional groups attached to an aromatic ring is 1. The summed E-state index contributed by atoms with van der Waals surface area (Å²) in [4.78, 5) is 4.41. The van der Waals surface area contributed by atoms with Gasteiger partial charge in [-0.05, 0) is 31.7 Å². The number of nitrogens with zero attached hydrogens (tertiary/aromatic N) is 2. The molecule has 3 rings (SSSR count). The van der Waals surface area contributed by atoms with Gasteiger partial charge in [-0.2, -0.15) is 0 Å². The Morgan fingerprint density at radius 2 is 2.11 bits per heavy atom. The summed E-state index contributed by atoms with van der Waals surface area (Å²) in [5.74, 6) is -0.309. The van der Waals surface area contributed by atoms with Gasteiger partial charge in [0.05, 0.1) is 24.3 Å². The zero-order chi connectivity index (χ0) is 12.5. The van der Waals surface area contributed by atoms with Crippen LogP contribution in [0.4, 0.5) is 10.1 Å². The fourth-order valence-corrected chi connectivity index (χ4v) is 2.57. The topological polar surface area (TPSA) is 43.8 Å². The normalized spacial score (nSPS) is 14.5. The number of anilines is 1. The van der Waals surface area contributed by atoms with Crippen LogP contribution in [0.25, 0.3) is 0 Å². The molecule has 2 N–H and O–H groups in total. The van der Waals surface area contributed by atoms with Gasteiger partial charge in [-0.25, -0.2) is 9.37 Å². The zero-order valence-corrected chi connectivity index (χ0v) is 10.2. The molecule has 0 amide bonds. The molecule has 1 heterocycles. The molecular weight excluding hydrogens is 229 g/mol. The average molecular weight is 245 g/mol. The summed E-state index contributed by atoms with van der Waals surface area (Å²) in [6.45, 7) is 0.513. The monoisotopic (exact) mass is 245 g/mol. The van der Waals surface area contributed by atoms with E-state index in [4.69, 9.17) is 5.73 Å². The highest BCUT2D eigenvalue weighted by molar-refractivity contribution is 5.43. The van der Waals surface area contributed by atoms with Crippen molar-refractivity contribution in [3.05, 3.63) is 47.3 Å². The fraction of sp³-hybridized carbons (Fsp3) is 0.357. The quantitative estimate of drug-likeness (QED) is 0.826. The molecule has 0 atom stereocenters. The van der Waals surface area contributed by atoms with Crippen LogP contribution in [0.15, 0.2) is 24.5 Å². The minimum absolute atomic E-state index is 0.210. The zero-order valence-electron chi connectivity index (χ0n) is 10.2. The van der Waals surface area contributed by atoms with Crippen LogP contribution in [0.1, 0.15) is 29.8 Å². The molecule has 0 saturated heterocycles. The van der Waals surface area contributed by atoms with Gasteiger partial charge in [-0.1, -0.05) is 12.1 Å². The van der Waals surface area contributed by atoms with Crippen molar-refractivity contribution in [2.24, 2.45) is 0 Å². The molecule has 0 bridgehead atoms. The summed E-state index contributed by atoms with van der Waals surface area (Å²) in [5, 5.41) is 0. The summed E-state index contributed by atoms with van der Waals surface area (Å²) >= 11 is 0. The highest BCUT2D eigenvalue weighted by Gasteiger charge is 2.16. The predicted octanol–water partition coefficient (Wildman–Crippen LogP) is 2.53. The molecule has 1 aliphatic rings. The van der Waals surface area contributed by atoms with Crippen molar-refractivity contribution in [2.75, 3.05) is 5.73 Å². The molecule has 0 saturated carbocycles. The molecule has 0 fully saturated rings. The molecule has 0 aliphatic heterocycles. The highest BCUT2D eigenvalue weighted by Crippen LogP contribution is 2.22. The van der Waals surface area contributed by atoms with Gasteiger partial charge in [0.2, 0.25) is 0 Å². The van der Waals surface area contributed by atoms with Crippen LogP contribution >= 0.6 is 0 Å². The van der Waals surface area contributed by atoms with Crippen LogP contribution in [0.5, 0.6) is 0 Å². The van der Waals surface area contributed by atoms with Gasteiger partial charge in [-0.3, -0.25) is 0 Å². The number of nitrogens with two attached hydrogens (primary N) is 1. The molecule has 2 aromatic rings. The molecule has 0 spiro atoms. The Morgan fingerprint density at radius 1 is 1.28 bits per heavy atom. The van der Waals surface area contributed by atoms with E-state index in [1.807, 2.05) is 10.9 Å². The SMILES string of the molecule is Nc1cccc(Cn2cnc3c2CCCC3)c1F. The first kappa shape index (κ1) is 11.3. The average Bonchev–Trinajstić information content (AvgIpc) is 2.79. The van der Waals surface area contributed by atoms with Gasteiger partial charge in [0, 0.05) is 11.3 Å². The first-order valence-electron chi connectivity index (χ1n) is 6.31. The van der Waals surface area contributed by atoms with Crippen molar-refractivity contribution >= 4 is 5.69 Å². The maximum atomic E-state index is 13.9. The molecule has 1 aliphatic carbocycles. The van der Waals surface area contributed by atoms with Crippen LogP contribution in [-0.4, -0.2) is 9.55 Å². The maximum Gasteiger partial charge on any atom is 0.151 e. The minimum Gasteiger partial charge on any atom is -0.396 e. The molecular formula is C14H16FN3. The Hall–Kier alpha value is -1.84. The van der Waals surface area contributed by atoms with Crippen LogP contribution in [0.3, 0.4) is 0 Å². The largest absolute Gasteiger partial charge is 0.396 e. The number of rotatable bonds is 2. The van der Waals surface area contributed by atoms with Gasteiger partial charge < -0.3 is 10.3 Å². The van der Waals surface area contributed by atoms with Crippen LogP contribution in [0, 0.1) is 5.82 Å². The van der Waals surface area contributed by atoms with E-state index in [1.165, 1.54) is 24.2 Å². The standard InChI is InChI=1S/C14H16FN3/c15-14-10(4-3-5-11(14)16)8-18-9-17-12-6-1-2-7-13(12)18/h3-5,9H,1-2,6-8,16H2. The lowest BCUT2D eigenvalue weighted by molar-refractivity contribution is 0.589. The van der Waals surface area contributed by atoms with Gasteiger partial charge in [0.1, 0.15) is 0 Å². The van der Waals surface area contributed by atoms with Crippen molar-refractivity contribution in [1.82, 2.24) is 9.55 Å². The third-order valence-electron chi connectivity index (χ3n) is 3.56. The van der Waals surface area contributed by atoms with Gasteiger partial charge in [0.15, 0.2) is 5.82 Å². The predicted molar refractivity (Wildman–Crippen MR) is 68.8 cm³/mol. The van der Waals surface area contributed by atoms with Gasteiger partial charge in [0.25, 0.3) is 0 Å². The lowest BCUT2D eigenvalue weighted by Gasteiger charge is -2.14. The Balaban J connectivity index is 1.93. The molecule has 1 aromatic carbocycles. The summed E-state index contributed by atoms with van der Waals surface area (Å²) < 4.78 is 15.9. The van der Waals surface area contributed by atoms with E-state index in [0.29, 0.717) is 12.1 Å². The number of aromatic nitrogens is 2. The second-order valence-corrected chi connectivity index (χ2v) is 4.79. The molecule has 3 nitrogen and oxygen atoms in total. The number of aryl methyl sites for hydroxylation is 1. The van der Waals surface area contributed by atoms with Gasteiger partial charge >= 0.3 is 0 Å². The molecule has 18 heavy (non-hydrogen) atoms. The summed E-state index contributed by atoms with van der Waals surface area (Å²) in [6, 6.07) is 5.15. The number of imidazole rings is 1. The first-order chi connectivity index (χ1) is 8.75. The first-order valence-corrected chi connectivity index (χ1v) is 6.31. The molecule has 1 aromatic heterocycles. The minimum atomic E-state index is -0.309. The third-order valence-corrected chi connectivity index (χ3v) is 3.56. The summed E-state index contributed by atoms with van der Waals surface area (Å²) in [5.41, 5.74) is 8.85. The van der Waals surface area contributed by atoms with Crippen LogP contribution in [-0.2, 0) is 19.4 Å². The van der Waals surface area contributed by atoms with Gasteiger partial charge in [-0.15, -0.1) is 0 Å². The third kappa shape index (κ3) is 1.88. The van der Waals surface area contributed by atoms with Crippen molar-refractivity contribution in [3.63, 3.8) is 0 Å². The van der Waals surface area contributed by atoms with Crippen molar-refractivity contribution in [1.29, 1.82) is 0 Å². The van der Waals surface area contributed by atoms with Crippen LogP contribution < -0.4 is 5.73 Å². The fourth-order valence-electron chi connectivity index (χ4n) is 2.57. The summed E-state index contributed by atoms with van der Waals surface area (Å²) in [6.07, 6.45) is 6.30. The lowest BCUT2D eigenvalue weighted by Crippen LogP contribution is -2.10. The molecule has 0 radical (unpaired) electrons. The Labute approximate surface area is 105 Å². The van der Waals surface area contributed by atoms with E-state index < -0.39 is 0 Å². The Morgan fingerprint density at radius 3 is 3.00 bits per heavy atom. The van der Waals surface area contributed by atoms with E-state index in [2.05, 4.69) is 4.98 Å². The highest BCUT2D eigenvalue weighted by atomic mass is 19.1. The number of hydrogen-bond acceptors (Lipinski definition) is 2. The molecule has 94 valence electrons. The number of benzene rings is 1. The number of halogens is 1. The van der Waals surface area contributed by atoms with E-state index in [9.17, 15) is 4.39 Å². The smallest absolute Gasteiger partial charge is 0.151 e. The number of fused-ring (bicyclic) bond motifs is 1. The van der Waals surface area contributed by atoms with Crippen LogP contribution in [0.2, 0.25) is 0 Å². The number of hydrogen-bond donors (Lipinski definition) is 1. The Bertz CT molecular complexity index is 574. The van der Waals surface area contributed by atoms with E-state index in [1.54, 1.807) is 18.2 Å². The molecule has 4 heteroatoms.